The Balaban J connectivity index is 1.31. The summed E-state index contributed by atoms with van der Waals surface area (Å²) in [4.78, 5) is 6.78. The number of benzene rings is 5. The minimum atomic E-state index is -0.248. The predicted octanol–water partition coefficient (Wildman–Crippen LogP) is 9.38. The number of rotatable bonds is 8. The topological polar surface area (TPSA) is 28.2 Å². The Morgan fingerprint density at radius 3 is 2.15 bits per heavy atom. The molecule has 0 aliphatic carbocycles. The number of hydrogen-bond donors (Lipinski definition) is 1. The second-order valence-electron chi connectivity index (χ2n) is 10.1. The van der Waals surface area contributed by atoms with Gasteiger partial charge in [0.25, 0.3) is 0 Å². The summed E-state index contributed by atoms with van der Waals surface area (Å²) in [5.74, 6) is 0.523. The average Bonchev–Trinajstić information content (AvgIpc) is 3.00. The van der Waals surface area contributed by atoms with E-state index in [1.165, 1.54) is 33.9 Å². The molecule has 0 aliphatic rings. The zero-order chi connectivity index (χ0) is 27.5. The largest absolute Gasteiger partial charge is 0.363 e. The summed E-state index contributed by atoms with van der Waals surface area (Å²) < 4.78 is 13.7. The molecule has 0 saturated carbocycles. The summed E-state index contributed by atoms with van der Waals surface area (Å²) in [6.45, 7) is 7.18. The number of halogens is 1. The highest BCUT2D eigenvalue weighted by atomic mass is 19.1. The Bertz CT molecular complexity index is 1810. The van der Waals surface area contributed by atoms with Crippen LogP contribution in [0.2, 0.25) is 0 Å². The van der Waals surface area contributed by atoms with Gasteiger partial charge in [-0.1, -0.05) is 91.5 Å². The van der Waals surface area contributed by atoms with Gasteiger partial charge in [-0.15, -0.1) is 0 Å². The fraction of sp³-hybridized carbons (Fsp3) is 0.0833. The van der Waals surface area contributed by atoms with Crippen LogP contribution < -0.4 is 10.2 Å². The van der Waals surface area contributed by atoms with E-state index in [9.17, 15) is 4.39 Å². The molecular formula is C36H30FN3. The molecule has 3 nitrogen and oxygen atoms in total. The highest BCUT2D eigenvalue weighted by molar-refractivity contribution is 5.88. The first kappa shape index (κ1) is 25.3. The van der Waals surface area contributed by atoms with Crippen LogP contribution in [0.5, 0.6) is 0 Å². The van der Waals surface area contributed by atoms with Crippen molar-refractivity contribution in [1.29, 1.82) is 0 Å². The molecule has 0 saturated heterocycles. The molecule has 0 fully saturated rings. The van der Waals surface area contributed by atoms with E-state index < -0.39 is 0 Å². The fourth-order valence-electron chi connectivity index (χ4n) is 5.09. The lowest BCUT2D eigenvalue weighted by Crippen LogP contribution is -2.21. The summed E-state index contributed by atoms with van der Waals surface area (Å²) in [5.41, 5.74) is 5.01. The first-order valence-electron chi connectivity index (χ1n) is 13.4. The molecule has 0 radical (unpaired) electrons. The van der Waals surface area contributed by atoms with Crippen molar-refractivity contribution in [2.45, 2.75) is 19.5 Å². The van der Waals surface area contributed by atoms with Crippen molar-refractivity contribution in [3.05, 3.63) is 157 Å². The number of hydrogen-bond acceptors (Lipinski definition) is 3. The van der Waals surface area contributed by atoms with Crippen LogP contribution in [0, 0.1) is 5.82 Å². The van der Waals surface area contributed by atoms with Crippen LogP contribution in [-0.2, 0) is 6.54 Å². The van der Waals surface area contributed by atoms with Gasteiger partial charge in [0, 0.05) is 36.2 Å². The summed E-state index contributed by atoms with van der Waals surface area (Å²) in [5, 5.41) is 8.35. The number of pyridine rings is 1. The van der Waals surface area contributed by atoms with Crippen LogP contribution in [0.4, 0.5) is 15.9 Å². The monoisotopic (exact) mass is 523 g/mol. The van der Waals surface area contributed by atoms with Gasteiger partial charge >= 0.3 is 0 Å². The fourth-order valence-corrected chi connectivity index (χ4v) is 5.09. The third-order valence-electron chi connectivity index (χ3n) is 7.36. The summed E-state index contributed by atoms with van der Waals surface area (Å²) in [6.07, 6.45) is 1.82. The molecule has 40 heavy (non-hydrogen) atoms. The van der Waals surface area contributed by atoms with Crippen molar-refractivity contribution in [3.63, 3.8) is 0 Å². The standard InChI is InChI=1S/C36H30FN3/c1-25(30-15-13-28-7-3-5-9-32(28)21-30)39-36-23-35(19-20-38-36)40(24-27-11-17-34(37)18-12-27)26(2)31-16-14-29-8-4-6-10-33(29)22-31/h3-23,25H,2,24H2,1H3,(H,38,39)/t25-/m0/s1. The second kappa shape index (κ2) is 11.0. The number of nitrogens with zero attached hydrogens (tertiary/aromatic N) is 2. The van der Waals surface area contributed by atoms with Crippen LogP contribution in [-0.4, -0.2) is 4.98 Å². The van der Waals surface area contributed by atoms with E-state index in [2.05, 4.69) is 101 Å². The lowest BCUT2D eigenvalue weighted by Gasteiger charge is -2.28. The first-order valence-corrected chi connectivity index (χ1v) is 13.4. The van der Waals surface area contributed by atoms with Crippen molar-refractivity contribution in [2.24, 2.45) is 0 Å². The van der Waals surface area contributed by atoms with E-state index in [1.807, 2.05) is 42.6 Å². The van der Waals surface area contributed by atoms with E-state index in [4.69, 9.17) is 0 Å². The molecule has 0 amide bonds. The molecule has 1 aromatic heterocycles. The van der Waals surface area contributed by atoms with Gasteiger partial charge in [0.05, 0.1) is 0 Å². The van der Waals surface area contributed by atoms with Gasteiger partial charge in [0.2, 0.25) is 0 Å². The maximum Gasteiger partial charge on any atom is 0.128 e. The number of anilines is 2. The van der Waals surface area contributed by atoms with Crippen molar-refractivity contribution in [2.75, 3.05) is 10.2 Å². The molecule has 0 unspecified atom stereocenters. The van der Waals surface area contributed by atoms with Crippen molar-refractivity contribution in [1.82, 2.24) is 4.98 Å². The Morgan fingerprint density at radius 1 is 0.775 bits per heavy atom. The maximum absolute atomic E-state index is 13.7. The average molecular weight is 524 g/mol. The third kappa shape index (κ3) is 5.43. The van der Waals surface area contributed by atoms with Gasteiger partial charge in [0.15, 0.2) is 0 Å². The molecule has 196 valence electrons. The normalized spacial score (nSPS) is 11.8. The van der Waals surface area contributed by atoms with Gasteiger partial charge in [-0.2, -0.15) is 0 Å². The SMILES string of the molecule is C=C(c1ccc2ccccc2c1)N(Cc1ccc(F)cc1)c1ccnc(N[C@@H](C)c2ccc3ccccc3c2)c1. The summed E-state index contributed by atoms with van der Waals surface area (Å²) >= 11 is 0. The Kier molecular flexibility index (Phi) is 6.98. The van der Waals surface area contributed by atoms with E-state index in [-0.39, 0.29) is 11.9 Å². The van der Waals surface area contributed by atoms with Crippen LogP contribution in [0.15, 0.2) is 134 Å². The van der Waals surface area contributed by atoms with Crippen LogP contribution in [0.1, 0.15) is 29.7 Å². The lowest BCUT2D eigenvalue weighted by atomic mass is 10.0. The van der Waals surface area contributed by atoms with Gasteiger partial charge in [-0.3, -0.25) is 0 Å². The number of aromatic nitrogens is 1. The van der Waals surface area contributed by atoms with Crippen molar-refractivity contribution >= 4 is 38.7 Å². The van der Waals surface area contributed by atoms with E-state index in [1.54, 1.807) is 0 Å². The highest BCUT2D eigenvalue weighted by Crippen LogP contribution is 2.31. The van der Waals surface area contributed by atoms with E-state index >= 15 is 0 Å². The Hall–Kier alpha value is -4.96. The maximum atomic E-state index is 13.7. The molecule has 0 bridgehead atoms. The van der Waals surface area contributed by atoms with Crippen molar-refractivity contribution in [3.8, 4) is 0 Å². The first-order chi connectivity index (χ1) is 19.5. The number of nitrogens with one attached hydrogen (secondary N) is 1. The molecule has 1 heterocycles. The molecule has 1 N–H and O–H groups in total. The van der Waals surface area contributed by atoms with E-state index in [0.29, 0.717) is 6.54 Å². The minimum absolute atomic E-state index is 0.0570. The summed E-state index contributed by atoms with van der Waals surface area (Å²) in [7, 11) is 0. The van der Waals surface area contributed by atoms with Gasteiger partial charge in [-0.05, 0) is 75.5 Å². The van der Waals surface area contributed by atoms with Crippen molar-refractivity contribution < 1.29 is 4.39 Å². The second-order valence-corrected chi connectivity index (χ2v) is 10.1. The quantitative estimate of drug-likeness (QED) is 0.215. The number of fused-ring (bicyclic) bond motifs is 2. The summed E-state index contributed by atoms with van der Waals surface area (Å²) in [6, 6.07) is 40.3. The zero-order valence-electron chi connectivity index (χ0n) is 22.4. The zero-order valence-corrected chi connectivity index (χ0v) is 22.4. The molecular weight excluding hydrogens is 493 g/mol. The van der Waals surface area contributed by atoms with Crippen LogP contribution in [0.25, 0.3) is 27.2 Å². The van der Waals surface area contributed by atoms with Gasteiger partial charge in [-0.25, -0.2) is 9.37 Å². The lowest BCUT2D eigenvalue weighted by molar-refractivity contribution is 0.627. The van der Waals surface area contributed by atoms with Gasteiger partial charge < -0.3 is 10.2 Å². The third-order valence-corrected chi connectivity index (χ3v) is 7.36. The molecule has 0 spiro atoms. The highest BCUT2D eigenvalue weighted by Gasteiger charge is 2.16. The molecule has 6 rings (SSSR count). The van der Waals surface area contributed by atoms with Crippen LogP contribution in [0.3, 0.4) is 0 Å². The predicted molar refractivity (Wildman–Crippen MR) is 166 cm³/mol. The van der Waals surface area contributed by atoms with Gasteiger partial charge in [0.1, 0.15) is 11.6 Å². The molecule has 4 heteroatoms. The smallest absolute Gasteiger partial charge is 0.128 e. The molecule has 0 aliphatic heterocycles. The van der Waals surface area contributed by atoms with Crippen LogP contribution >= 0.6 is 0 Å². The van der Waals surface area contributed by atoms with E-state index in [0.717, 1.165) is 33.7 Å². The molecule has 1 atom stereocenters. The molecule has 5 aromatic carbocycles. The minimum Gasteiger partial charge on any atom is -0.363 e. The molecule has 6 aromatic rings. The Labute approximate surface area is 234 Å². The Morgan fingerprint density at radius 2 is 1.43 bits per heavy atom.